The molecule has 2 rings (SSSR count). The van der Waals surface area contributed by atoms with E-state index in [1.54, 1.807) is 36.4 Å². The second-order valence-corrected chi connectivity index (χ2v) is 5.35. The number of nitrogens with two attached hydrogens (primary N) is 1. The maximum Gasteiger partial charge on any atom is 0.408 e. The van der Waals surface area contributed by atoms with Crippen LogP contribution in [0, 0.1) is 0 Å². The van der Waals surface area contributed by atoms with Crippen molar-refractivity contribution in [2.45, 2.75) is 18.9 Å². The van der Waals surface area contributed by atoms with Gasteiger partial charge in [-0.2, -0.15) is 0 Å². The van der Waals surface area contributed by atoms with Gasteiger partial charge < -0.3 is 15.8 Å². The van der Waals surface area contributed by atoms with Crippen molar-refractivity contribution in [1.82, 2.24) is 5.32 Å². The van der Waals surface area contributed by atoms with E-state index in [4.69, 9.17) is 10.5 Å². The molecular formula is C19H22N2O3. The van der Waals surface area contributed by atoms with Crippen LogP contribution in [0.5, 0.6) is 0 Å². The molecule has 1 atom stereocenters. The third-order valence-electron chi connectivity index (χ3n) is 3.52. The molecule has 1 unspecified atom stereocenters. The lowest BCUT2D eigenvalue weighted by atomic mass is 10.00. The molecule has 0 heterocycles. The molecule has 2 aromatic carbocycles. The van der Waals surface area contributed by atoms with Crippen molar-refractivity contribution in [3.8, 4) is 0 Å². The van der Waals surface area contributed by atoms with Crippen molar-refractivity contribution in [2.24, 2.45) is 5.73 Å². The minimum atomic E-state index is -0.969. The van der Waals surface area contributed by atoms with Crippen molar-refractivity contribution in [1.29, 1.82) is 0 Å². The van der Waals surface area contributed by atoms with Crippen LogP contribution in [0.2, 0.25) is 0 Å². The zero-order valence-corrected chi connectivity index (χ0v) is 13.5. The first-order valence-corrected chi connectivity index (χ1v) is 8.01. The van der Waals surface area contributed by atoms with Gasteiger partial charge in [0.2, 0.25) is 5.78 Å². The van der Waals surface area contributed by atoms with E-state index in [-0.39, 0.29) is 5.78 Å². The standard InChI is InChI=1S/C19H22N2O3/c20-13-7-8-14-21-19(23)24-18(16-11-5-2-6-12-16)17(22)15-9-3-1-4-10-15/h1-6,9-12,18H,7-8,13-14,20H2,(H,21,23). The fraction of sp³-hybridized carbons (Fsp3) is 0.263. The highest BCUT2D eigenvalue weighted by atomic mass is 16.6. The summed E-state index contributed by atoms with van der Waals surface area (Å²) >= 11 is 0. The smallest absolute Gasteiger partial charge is 0.408 e. The summed E-state index contributed by atoms with van der Waals surface area (Å²) in [5, 5.41) is 2.66. The van der Waals surface area contributed by atoms with E-state index in [0.717, 1.165) is 12.8 Å². The predicted octanol–water partition coefficient (Wildman–Crippen LogP) is 3.08. The zero-order valence-electron chi connectivity index (χ0n) is 13.5. The van der Waals surface area contributed by atoms with Gasteiger partial charge in [0.1, 0.15) is 0 Å². The molecule has 0 aliphatic rings. The Balaban J connectivity index is 2.09. The molecule has 2 aromatic rings. The molecule has 3 N–H and O–H groups in total. The van der Waals surface area contributed by atoms with Gasteiger partial charge in [0.15, 0.2) is 6.10 Å². The van der Waals surface area contributed by atoms with E-state index in [1.165, 1.54) is 0 Å². The molecule has 0 spiro atoms. The van der Waals surface area contributed by atoms with Gasteiger partial charge >= 0.3 is 6.09 Å². The van der Waals surface area contributed by atoms with Crippen LogP contribution in [0.25, 0.3) is 0 Å². The molecule has 5 nitrogen and oxygen atoms in total. The highest BCUT2D eigenvalue weighted by Gasteiger charge is 2.25. The molecule has 24 heavy (non-hydrogen) atoms. The van der Waals surface area contributed by atoms with Gasteiger partial charge in [-0.05, 0) is 19.4 Å². The van der Waals surface area contributed by atoms with E-state index >= 15 is 0 Å². The summed E-state index contributed by atoms with van der Waals surface area (Å²) in [6, 6.07) is 17.8. The number of Topliss-reactive ketones (excluding diaryl/α,β-unsaturated/α-hetero) is 1. The van der Waals surface area contributed by atoms with Crippen LogP contribution in [-0.4, -0.2) is 25.0 Å². The Morgan fingerprint density at radius 1 is 0.958 bits per heavy atom. The number of ketones is 1. The highest BCUT2D eigenvalue weighted by Crippen LogP contribution is 2.22. The third kappa shape index (κ3) is 5.21. The molecule has 0 aliphatic heterocycles. The fourth-order valence-corrected chi connectivity index (χ4v) is 2.26. The SMILES string of the molecule is NCCCCNC(=O)OC(C(=O)c1ccccc1)c1ccccc1. The quantitative estimate of drug-likeness (QED) is 0.577. The minimum absolute atomic E-state index is 0.251. The lowest BCUT2D eigenvalue weighted by Crippen LogP contribution is -2.30. The number of hydrogen-bond donors (Lipinski definition) is 2. The van der Waals surface area contributed by atoms with Crippen LogP contribution in [0.15, 0.2) is 60.7 Å². The van der Waals surface area contributed by atoms with Gasteiger partial charge in [-0.15, -0.1) is 0 Å². The van der Waals surface area contributed by atoms with Crippen LogP contribution >= 0.6 is 0 Å². The lowest BCUT2D eigenvalue weighted by molar-refractivity contribution is 0.0628. The number of amides is 1. The maximum atomic E-state index is 12.7. The molecule has 0 aromatic heterocycles. The van der Waals surface area contributed by atoms with Crippen molar-refractivity contribution in [3.63, 3.8) is 0 Å². The molecule has 0 radical (unpaired) electrons. The van der Waals surface area contributed by atoms with Crippen molar-refractivity contribution < 1.29 is 14.3 Å². The summed E-state index contributed by atoms with van der Waals surface area (Å²) < 4.78 is 5.40. The number of carbonyl (C=O) groups is 2. The van der Waals surface area contributed by atoms with Crippen molar-refractivity contribution >= 4 is 11.9 Å². The van der Waals surface area contributed by atoms with E-state index in [0.29, 0.717) is 24.2 Å². The number of ether oxygens (including phenoxy) is 1. The number of benzene rings is 2. The Labute approximate surface area is 141 Å². The monoisotopic (exact) mass is 326 g/mol. The molecular weight excluding hydrogens is 304 g/mol. The second-order valence-electron chi connectivity index (χ2n) is 5.35. The first-order valence-electron chi connectivity index (χ1n) is 8.01. The molecule has 0 bridgehead atoms. The third-order valence-corrected chi connectivity index (χ3v) is 3.52. The lowest BCUT2D eigenvalue weighted by Gasteiger charge is -2.17. The number of alkyl carbamates (subject to hydrolysis) is 1. The normalized spacial score (nSPS) is 11.5. The predicted molar refractivity (Wildman–Crippen MR) is 92.7 cm³/mol. The summed E-state index contributed by atoms with van der Waals surface area (Å²) in [4.78, 5) is 24.7. The Kier molecular flexibility index (Phi) is 6.98. The molecule has 0 aliphatic carbocycles. The first kappa shape index (κ1) is 17.7. The minimum Gasteiger partial charge on any atom is -0.433 e. The summed E-state index contributed by atoms with van der Waals surface area (Å²) in [6.45, 7) is 1.05. The Bertz CT molecular complexity index is 644. The highest BCUT2D eigenvalue weighted by molar-refractivity contribution is 6.00. The largest absolute Gasteiger partial charge is 0.433 e. The first-order chi connectivity index (χ1) is 11.7. The number of carbonyl (C=O) groups excluding carboxylic acids is 2. The van der Waals surface area contributed by atoms with Crippen LogP contribution in [0.1, 0.15) is 34.9 Å². The Morgan fingerprint density at radius 2 is 1.58 bits per heavy atom. The van der Waals surface area contributed by atoms with Gasteiger partial charge in [-0.25, -0.2) is 4.79 Å². The molecule has 1 amide bonds. The molecule has 0 fully saturated rings. The number of hydrogen-bond acceptors (Lipinski definition) is 4. The number of nitrogens with one attached hydrogen (secondary N) is 1. The topological polar surface area (TPSA) is 81.4 Å². The van der Waals surface area contributed by atoms with E-state index in [2.05, 4.69) is 5.32 Å². The summed E-state index contributed by atoms with van der Waals surface area (Å²) in [5.41, 5.74) is 6.56. The summed E-state index contributed by atoms with van der Waals surface area (Å²) in [6.07, 6.45) is 0.0211. The average molecular weight is 326 g/mol. The Morgan fingerprint density at radius 3 is 2.21 bits per heavy atom. The van der Waals surface area contributed by atoms with Crippen molar-refractivity contribution in [2.75, 3.05) is 13.1 Å². The maximum absolute atomic E-state index is 12.7. The van der Waals surface area contributed by atoms with Gasteiger partial charge in [-0.3, -0.25) is 4.79 Å². The molecule has 5 heteroatoms. The average Bonchev–Trinajstić information content (AvgIpc) is 2.64. The van der Waals surface area contributed by atoms with E-state index < -0.39 is 12.2 Å². The number of unbranched alkanes of at least 4 members (excludes halogenated alkanes) is 1. The fourth-order valence-electron chi connectivity index (χ4n) is 2.26. The van der Waals surface area contributed by atoms with Gasteiger partial charge in [-0.1, -0.05) is 60.7 Å². The molecule has 0 saturated heterocycles. The summed E-state index contributed by atoms with van der Waals surface area (Å²) in [5.74, 6) is -0.251. The molecule has 126 valence electrons. The van der Waals surface area contributed by atoms with Gasteiger partial charge in [0, 0.05) is 17.7 Å². The second kappa shape index (κ2) is 9.47. The van der Waals surface area contributed by atoms with Crippen LogP contribution in [-0.2, 0) is 4.74 Å². The van der Waals surface area contributed by atoms with Crippen LogP contribution < -0.4 is 11.1 Å². The Hall–Kier alpha value is -2.66. The molecule has 0 saturated carbocycles. The van der Waals surface area contributed by atoms with Crippen LogP contribution in [0.3, 0.4) is 0 Å². The van der Waals surface area contributed by atoms with Gasteiger partial charge in [0.05, 0.1) is 0 Å². The van der Waals surface area contributed by atoms with Gasteiger partial charge in [0.25, 0.3) is 0 Å². The number of rotatable bonds is 8. The zero-order chi connectivity index (χ0) is 17.2. The van der Waals surface area contributed by atoms with E-state index in [9.17, 15) is 9.59 Å². The van der Waals surface area contributed by atoms with Crippen molar-refractivity contribution in [3.05, 3.63) is 71.8 Å². The summed E-state index contributed by atoms with van der Waals surface area (Å²) in [7, 11) is 0. The van der Waals surface area contributed by atoms with Crippen LogP contribution in [0.4, 0.5) is 4.79 Å². The van der Waals surface area contributed by atoms with E-state index in [1.807, 2.05) is 24.3 Å².